The van der Waals surface area contributed by atoms with Crippen molar-refractivity contribution in [2.24, 2.45) is 0 Å². The van der Waals surface area contributed by atoms with E-state index >= 15 is 0 Å². The van der Waals surface area contributed by atoms with Crippen LogP contribution in [0.4, 0.5) is 0 Å². The minimum absolute atomic E-state index is 0.199. The van der Waals surface area contributed by atoms with Gasteiger partial charge in [-0.3, -0.25) is 29.9 Å². The van der Waals surface area contributed by atoms with Crippen LogP contribution in [0.15, 0.2) is 171 Å². The van der Waals surface area contributed by atoms with Crippen LogP contribution >= 0.6 is 0 Å². The van der Waals surface area contributed by atoms with Gasteiger partial charge in [0.1, 0.15) is 0 Å². The number of benzene rings is 1. The minimum Gasteiger partial charge on any atom is -0.330 e. The molecule has 1 aliphatic carbocycles. The Labute approximate surface area is 325 Å². The average Bonchev–Trinajstić information content (AvgIpc) is 3.77. The molecule has 0 bridgehead atoms. The Morgan fingerprint density at radius 3 is 1.55 bits per heavy atom. The first kappa shape index (κ1) is 34.7. The molecule has 1 unspecified atom stereocenters. The van der Waals surface area contributed by atoms with Crippen LogP contribution in [0.5, 0.6) is 0 Å². The fourth-order valence-corrected chi connectivity index (χ4v) is 7.88. The van der Waals surface area contributed by atoms with Gasteiger partial charge in [0, 0.05) is 125 Å². The second kappa shape index (κ2) is 14.6. The number of pyridine rings is 6. The highest BCUT2D eigenvalue weighted by Crippen LogP contribution is 2.38. The molecular formula is C48H40N8. The van der Waals surface area contributed by atoms with Gasteiger partial charge in [-0.05, 0) is 79.9 Å². The molecule has 0 N–H and O–H groups in total. The van der Waals surface area contributed by atoms with Crippen LogP contribution in [0.25, 0.3) is 60.4 Å². The van der Waals surface area contributed by atoms with E-state index in [0.29, 0.717) is 0 Å². The molecule has 56 heavy (non-hydrogen) atoms. The maximum Gasteiger partial charge on any atom is 0.0643 e. The van der Waals surface area contributed by atoms with Gasteiger partial charge in [-0.2, -0.15) is 0 Å². The molecule has 8 aromatic heterocycles. The molecule has 9 aromatic rings. The summed E-state index contributed by atoms with van der Waals surface area (Å²) in [5.74, 6) is 0. The summed E-state index contributed by atoms with van der Waals surface area (Å²) in [6.45, 7) is 7.54. The summed E-state index contributed by atoms with van der Waals surface area (Å²) in [4.78, 5) is 27.1. The summed E-state index contributed by atoms with van der Waals surface area (Å²) >= 11 is 0. The highest BCUT2D eigenvalue weighted by atomic mass is 15.1. The lowest BCUT2D eigenvalue weighted by Crippen LogP contribution is -2.28. The molecule has 0 saturated heterocycles. The van der Waals surface area contributed by atoms with Gasteiger partial charge in [-0.25, -0.2) is 0 Å². The molecule has 0 radical (unpaired) electrons. The smallest absolute Gasteiger partial charge is 0.0643 e. The quantitative estimate of drug-likeness (QED) is 0.152. The second-order valence-corrected chi connectivity index (χ2v) is 14.4. The zero-order valence-corrected chi connectivity index (χ0v) is 31.4. The number of nitrogens with zero attached hydrogens (tertiary/aromatic N) is 8. The number of hydrogen-bond donors (Lipinski definition) is 0. The molecular weight excluding hydrogens is 689 g/mol. The van der Waals surface area contributed by atoms with Crippen molar-refractivity contribution < 1.29 is 0 Å². The number of rotatable bonds is 7. The van der Waals surface area contributed by atoms with Crippen molar-refractivity contribution in [2.45, 2.75) is 38.6 Å². The summed E-state index contributed by atoms with van der Waals surface area (Å²) in [7, 11) is 0. The minimum atomic E-state index is -0.199. The highest BCUT2D eigenvalue weighted by molar-refractivity contribution is 6.09. The summed E-state index contributed by atoms with van der Waals surface area (Å²) in [5.41, 5.74) is 12.2. The topological polar surface area (TPSA) is 87.2 Å². The largest absolute Gasteiger partial charge is 0.330 e. The number of fused-ring (bicyclic) bond motifs is 6. The van der Waals surface area contributed by atoms with Gasteiger partial charge in [0.05, 0.1) is 27.6 Å². The molecule has 1 atom stereocenters. The SMILES string of the molecule is C=CC.CC1(n2c3ccncc3c3cnccc32)C=CC(Cc2ccc(-c3ccc(Cc4ccc(-n5c6ccncc6c6cnccc65)cc4)nc3)cn2)=CC1. The van der Waals surface area contributed by atoms with Gasteiger partial charge in [0.2, 0.25) is 0 Å². The van der Waals surface area contributed by atoms with Gasteiger partial charge < -0.3 is 9.13 Å². The first-order chi connectivity index (χ1) is 27.5. The van der Waals surface area contributed by atoms with E-state index in [0.717, 1.165) is 80.0 Å². The van der Waals surface area contributed by atoms with E-state index in [9.17, 15) is 0 Å². The Morgan fingerprint density at radius 2 is 1.09 bits per heavy atom. The normalized spacial score (nSPS) is 15.2. The number of aromatic nitrogens is 8. The molecule has 0 aliphatic heterocycles. The number of hydrogen-bond acceptors (Lipinski definition) is 6. The van der Waals surface area contributed by atoms with Crippen LogP contribution in [-0.2, 0) is 18.4 Å². The van der Waals surface area contributed by atoms with E-state index in [1.807, 2.05) is 68.9 Å². The Balaban J connectivity index is 0.00000133. The lowest BCUT2D eigenvalue weighted by Gasteiger charge is -2.32. The predicted molar refractivity (Wildman–Crippen MR) is 227 cm³/mol. The van der Waals surface area contributed by atoms with E-state index in [1.54, 1.807) is 6.08 Å². The standard InChI is InChI=1S/C45H34N8.C3H6/c1-45(53-43-14-20-48-28-39(43)40-29-49-21-15-44(40)53)16-10-31(11-17-45)23-35-7-5-33(25-51-35)32-4-6-34(50-24-32)22-30-2-8-36(9-3-30)52-41-12-18-46-26-37(41)38-27-47-19-13-42(38)52;1-3-2/h2-16,18-21,24-29H,17,22-23H2,1H3;3H,1H2,2H3. The van der Waals surface area contributed by atoms with Crippen LogP contribution < -0.4 is 0 Å². The van der Waals surface area contributed by atoms with Crippen molar-refractivity contribution in [3.8, 4) is 16.8 Å². The summed E-state index contributed by atoms with van der Waals surface area (Å²) in [5, 5.41) is 4.47. The second-order valence-electron chi connectivity index (χ2n) is 14.4. The fourth-order valence-electron chi connectivity index (χ4n) is 7.88. The zero-order chi connectivity index (χ0) is 38.1. The van der Waals surface area contributed by atoms with Crippen LogP contribution in [0, 0.1) is 0 Å². The van der Waals surface area contributed by atoms with Gasteiger partial charge in [-0.15, -0.1) is 6.58 Å². The lowest BCUT2D eigenvalue weighted by molar-refractivity contribution is 0.435. The first-order valence-electron chi connectivity index (χ1n) is 18.8. The van der Waals surface area contributed by atoms with E-state index in [1.165, 1.54) is 22.2 Å². The molecule has 8 heterocycles. The lowest BCUT2D eigenvalue weighted by atomic mass is 9.88. The van der Waals surface area contributed by atoms with Gasteiger partial charge in [0.25, 0.3) is 0 Å². The Morgan fingerprint density at radius 1 is 0.607 bits per heavy atom. The molecule has 10 rings (SSSR count). The van der Waals surface area contributed by atoms with Crippen LogP contribution in [-0.4, -0.2) is 39.0 Å². The molecule has 0 fully saturated rings. The van der Waals surface area contributed by atoms with Crippen LogP contribution in [0.1, 0.15) is 37.2 Å². The molecule has 1 aliphatic rings. The predicted octanol–water partition coefficient (Wildman–Crippen LogP) is 10.6. The monoisotopic (exact) mass is 728 g/mol. The van der Waals surface area contributed by atoms with Gasteiger partial charge in [-0.1, -0.05) is 48.6 Å². The van der Waals surface area contributed by atoms with Crippen molar-refractivity contribution in [3.05, 3.63) is 188 Å². The number of allylic oxidation sites excluding steroid dienone is 5. The Kier molecular flexibility index (Phi) is 9.07. The van der Waals surface area contributed by atoms with Crippen molar-refractivity contribution in [3.63, 3.8) is 0 Å². The third kappa shape index (κ3) is 6.35. The van der Waals surface area contributed by atoms with Crippen molar-refractivity contribution >= 4 is 43.6 Å². The van der Waals surface area contributed by atoms with E-state index in [-0.39, 0.29) is 5.54 Å². The van der Waals surface area contributed by atoms with Gasteiger partial charge in [0.15, 0.2) is 0 Å². The van der Waals surface area contributed by atoms with Crippen LogP contribution in [0.2, 0.25) is 0 Å². The average molecular weight is 729 g/mol. The Bertz CT molecular complexity index is 2810. The molecule has 0 saturated carbocycles. The molecule has 272 valence electrons. The van der Waals surface area contributed by atoms with E-state index in [4.69, 9.17) is 9.97 Å². The van der Waals surface area contributed by atoms with E-state index < -0.39 is 0 Å². The highest BCUT2D eigenvalue weighted by Gasteiger charge is 2.28. The third-order valence-corrected chi connectivity index (χ3v) is 10.6. The van der Waals surface area contributed by atoms with E-state index in [2.05, 4.69) is 134 Å². The third-order valence-electron chi connectivity index (χ3n) is 10.6. The maximum absolute atomic E-state index is 4.84. The summed E-state index contributed by atoms with van der Waals surface area (Å²) < 4.78 is 4.70. The molecule has 1 aromatic carbocycles. The van der Waals surface area contributed by atoms with Crippen molar-refractivity contribution in [2.75, 3.05) is 0 Å². The van der Waals surface area contributed by atoms with Gasteiger partial charge >= 0.3 is 0 Å². The Hall–Kier alpha value is -7.06. The maximum atomic E-state index is 4.84. The summed E-state index contributed by atoms with van der Waals surface area (Å²) in [6, 6.07) is 25.6. The van der Waals surface area contributed by atoms with Crippen LogP contribution in [0.3, 0.4) is 0 Å². The summed E-state index contributed by atoms with van der Waals surface area (Å²) in [6.07, 6.45) is 30.2. The van der Waals surface area contributed by atoms with Crippen molar-refractivity contribution in [1.82, 2.24) is 39.0 Å². The fraction of sp³-hybridized carbons (Fsp3) is 0.125. The molecule has 8 heteroatoms. The molecule has 0 spiro atoms. The molecule has 8 nitrogen and oxygen atoms in total. The van der Waals surface area contributed by atoms with Crippen molar-refractivity contribution in [1.29, 1.82) is 0 Å². The molecule has 0 amide bonds. The first-order valence-corrected chi connectivity index (χ1v) is 18.8. The zero-order valence-electron chi connectivity index (χ0n) is 31.4.